The fourth-order valence-electron chi connectivity index (χ4n) is 2.29. The molecule has 1 aliphatic rings. The van der Waals surface area contributed by atoms with Crippen LogP contribution in [0.4, 0.5) is 0 Å². The van der Waals surface area contributed by atoms with Crippen LogP contribution in [-0.4, -0.2) is 32.3 Å². The summed E-state index contributed by atoms with van der Waals surface area (Å²) in [7, 11) is -3.20. The van der Waals surface area contributed by atoms with Crippen LogP contribution < -0.4 is 10.0 Å². The highest BCUT2D eigenvalue weighted by Gasteiger charge is 2.34. The fourth-order valence-corrected chi connectivity index (χ4v) is 3.72. The largest absolute Gasteiger partial charge is 0.315 e. The topological polar surface area (TPSA) is 58.2 Å². The fraction of sp³-hybridized carbons (Fsp3) is 1.00. The van der Waals surface area contributed by atoms with Gasteiger partial charge in [0, 0.05) is 12.1 Å². The van der Waals surface area contributed by atoms with Gasteiger partial charge in [-0.3, -0.25) is 0 Å². The zero-order valence-corrected chi connectivity index (χ0v) is 12.1. The number of hydrogen-bond donors (Lipinski definition) is 2. The van der Waals surface area contributed by atoms with Crippen molar-refractivity contribution in [2.24, 2.45) is 0 Å². The molecule has 1 unspecified atom stereocenters. The van der Waals surface area contributed by atoms with Crippen molar-refractivity contribution in [3.63, 3.8) is 0 Å². The minimum atomic E-state index is -3.20. The van der Waals surface area contributed by atoms with Gasteiger partial charge in [-0.25, -0.2) is 13.1 Å². The van der Waals surface area contributed by atoms with Gasteiger partial charge in [-0.05, 0) is 39.7 Å². The molecule has 0 bridgehead atoms. The summed E-state index contributed by atoms with van der Waals surface area (Å²) in [6, 6.07) is 0. The van der Waals surface area contributed by atoms with E-state index in [1.165, 1.54) is 0 Å². The van der Waals surface area contributed by atoms with E-state index in [1.807, 2.05) is 6.92 Å². The Bertz CT molecular complexity index is 321. The van der Waals surface area contributed by atoms with Gasteiger partial charge < -0.3 is 5.32 Å². The zero-order chi connectivity index (χ0) is 12.9. The lowest BCUT2D eigenvalue weighted by molar-refractivity contribution is 0.423. The molecule has 0 amide bonds. The molecule has 1 saturated carbocycles. The summed E-state index contributed by atoms with van der Waals surface area (Å²) in [4.78, 5) is 0. The van der Waals surface area contributed by atoms with Gasteiger partial charge in [-0.2, -0.15) is 0 Å². The van der Waals surface area contributed by atoms with Crippen LogP contribution >= 0.6 is 0 Å². The van der Waals surface area contributed by atoms with Crippen LogP contribution in [0, 0.1) is 0 Å². The van der Waals surface area contributed by atoms with Crippen molar-refractivity contribution in [3.05, 3.63) is 0 Å². The van der Waals surface area contributed by atoms with Crippen LogP contribution in [0.2, 0.25) is 0 Å². The lowest BCUT2D eigenvalue weighted by atomic mass is 10.0. The maximum Gasteiger partial charge on any atom is 0.215 e. The average molecular weight is 262 g/mol. The van der Waals surface area contributed by atoms with E-state index >= 15 is 0 Å². The summed E-state index contributed by atoms with van der Waals surface area (Å²) in [5.41, 5.74) is -0.210. The molecule has 0 heterocycles. The molecule has 0 aromatic rings. The van der Waals surface area contributed by atoms with Crippen molar-refractivity contribution in [3.8, 4) is 0 Å². The molecule has 0 spiro atoms. The van der Waals surface area contributed by atoms with E-state index in [4.69, 9.17) is 0 Å². The molecule has 102 valence electrons. The first kappa shape index (κ1) is 14.9. The molecular weight excluding hydrogens is 236 g/mol. The normalized spacial score (nSPS) is 21.6. The van der Waals surface area contributed by atoms with Gasteiger partial charge in [0.25, 0.3) is 0 Å². The van der Waals surface area contributed by atoms with Crippen LogP contribution in [0.1, 0.15) is 52.9 Å². The summed E-state index contributed by atoms with van der Waals surface area (Å²) in [6.45, 7) is 7.26. The maximum absolute atomic E-state index is 12.1. The smallest absolute Gasteiger partial charge is 0.215 e. The molecule has 0 radical (unpaired) electrons. The van der Waals surface area contributed by atoms with Gasteiger partial charge in [-0.1, -0.05) is 19.8 Å². The molecule has 0 aromatic heterocycles. The third kappa shape index (κ3) is 4.56. The first-order chi connectivity index (χ1) is 7.90. The van der Waals surface area contributed by atoms with Crippen molar-refractivity contribution in [2.45, 2.75) is 63.7 Å². The molecular formula is C12H26N2O2S. The molecule has 2 N–H and O–H groups in total. The molecule has 0 aromatic carbocycles. The van der Waals surface area contributed by atoms with Crippen molar-refractivity contribution in [1.82, 2.24) is 10.0 Å². The Labute approximate surface area is 106 Å². The molecule has 0 aliphatic heterocycles. The SMILES string of the molecule is CCCNCC(C)S(=O)(=O)NC1(C)CCCC1. The summed E-state index contributed by atoms with van der Waals surface area (Å²) in [5, 5.41) is 2.79. The average Bonchev–Trinajstić information content (AvgIpc) is 2.64. The third-order valence-corrected chi connectivity index (χ3v) is 5.49. The predicted molar refractivity (Wildman–Crippen MR) is 71.6 cm³/mol. The highest BCUT2D eigenvalue weighted by Crippen LogP contribution is 2.29. The highest BCUT2D eigenvalue weighted by molar-refractivity contribution is 7.90. The minimum absolute atomic E-state index is 0.210. The van der Waals surface area contributed by atoms with Crippen molar-refractivity contribution in [2.75, 3.05) is 13.1 Å². The molecule has 17 heavy (non-hydrogen) atoms. The molecule has 1 rings (SSSR count). The Morgan fingerprint density at radius 2 is 1.88 bits per heavy atom. The Morgan fingerprint density at radius 3 is 2.41 bits per heavy atom. The predicted octanol–water partition coefficient (Wildman–Crippen LogP) is 1.63. The maximum atomic E-state index is 12.1. The second-order valence-electron chi connectivity index (χ2n) is 5.43. The van der Waals surface area contributed by atoms with E-state index in [1.54, 1.807) is 6.92 Å². The highest BCUT2D eigenvalue weighted by atomic mass is 32.2. The van der Waals surface area contributed by atoms with Crippen molar-refractivity contribution < 1.29 is 8.42 Å². The number of sulfonamides is 1. The molecule has 1 aliphatic carbocycles. The van der Waals surface area contributed by atoms with Gasteiger partial charge in [0.1, 0.15) is 0 Å². The first-order valence-electron chi connectivity index (χ1n) is 6.63. The van der Waals surface area contributed by atoms with Crippen LogP contribution in [0.15, 0.2) is 0 Å². The molecule has 0 saturated heterocycles. The number of rotatable bonds is 7. The van der Waals surface area contributed by atoms with E-state index in [-0.39, 0.29) is 10.8 Å². The zero-order valence-electron chi connectivity index (χ0n) is 11.3. The quantitative estimate of drug-likeness (QED) is 0.686. The van der Waals surface area contributed by atoms with E-state index < -0.39 is 10.0 Å². The molecule has 5 heteroatoms. The van der Waals surface area contributed by atoms with E-state index in [2.05, 4.69) is 17.0 Å². The van der Waals surface area contributed by atoms with Crippen molar-refractivity contribution >= 4 is 10.0 Å². The van der Waals surface area contributed by atoms with Gasteiger partial charge in [0.05, 0.1) is 5.25 Å². The minimum Gasteiger partial charge on any atom is -0.315 e. The standard InChI is InChI=1S/C12H26N2O2S/c1-4-9-13-10-11(2)17(15,16)14-12(3)7-5-6-8-12/h11,13-14H,4-10H2,1-3H3. The number of hydrogen-bond acceptors (Lipinski definition) is 3. The first-order valence-corrected chi connectivity index (χ1v) is 8.18. The second kappa shape index (κ2) is 6.16. The van der Waals surface area contributed by atoms with Crippen LogP contribution in [0.3, 0.4) is 0 Å². The summed E-state index contributed by atoms with van der Waals surface area (Å²) in [6.07, 6.45) is 5.20. The van der Waals surface area contributed by atoms with Gasteiger partial charge in [-0.15, -0.1) is 0 Å². The summed E-state index contributed by atoms with van der Waals surface area (Å²) < 4.78 is 27.2. The van der Waals surface area contributed by atoms with Gasteiger partial charge in [0.2, 0.25) is 10.0 Å². The van der Waals surface area contributed by atoms with Crippen LogP contribution in [0.25, 0.3) is 0 Å². The van der Waals surface area contributed by atoms with Crippen LogP contribution in [0.5, 0.6) is 0 Å². The van der Waals surface area contributed by atoms with E-state index in [0.29, 0.717) is 6.54 Å². The van der Waals surface area contributed by atoms with Crippen LogP contribution in [-0.2, 0) is 10.0 Å². The second-order valence-corrected chi connectivity index (χ2v) is 7.53. The Balaban J connectivity index is 2.49. The third-order valence-electron chi connectivity index (χ3n) is 3.48. The van der Waals surface area contributed by atoms with E-state index in [0.717, 1.165) is 38.6 Å². The Kier molecular flexibility index (Phi) is 5.41. The van der Waals surface area contributed by atoms with Gasteiger partial charge in [0.15, 0.2) is 0 Å². The Hall–Kier alpha value is -0.130. The summed E-state index contributed by atoms with van der Waals surface area (Å²) in [5.74, 6) is 0. The molecule has 1 atom stereocenters. The monoisotopic (exact) mass is 262 g/mol. The lowest BCUT2D eigenvalue weighted by Crippen LogP contribution is -2.49. The van der Waals surface area contributed by atoms with E-state index in [9.17, 15) is 8.42 Å². The summed E-state index contributed by atoms with van der Waals surface area (Å²) >= 11 is 0. The molecule has 1 fully saturated rings. The van der Waals surface area contributed by atoms with Gasteiger partial charge >= 0.3 is 0 Å². The number of nitrogens with one attached hydrogen (secondary N) is 2. The lowest BCUT2D eigenvalue weighted by Gasteiger charge is -2.27. The van der Waals surface area contributed by atoms with Crippen molar-refractivity contribution in [1.29, 1.82) is 0 Å². The Morgan fingerprint density at radius 1 is 1.29 bits per heavy atom. The molecule has 4 nitrogen and oxygen atoms in total.